The highest BCUT2D eigenvalue weighted by Crippen LogP contribution is 2.04. The molecule has 0 bridgehead atoms. The summed E-state index contributed by atoms with van der Waals surface area (Å²) in [5.74, 6) is -0.253. The lowest BCUT2D eigenvalue weighted by Crippen LogP contribution is -2.21. The quantitative estimate of drug-likeness (QED) is 0.567. The van der Waals surface area contributed by atoms with Crippen molar-refractivity contribution in [2.45, 2.75) is 20.3 Å². The molecule has 0 spiro atoms. The summed E-state index contributed by atoms with van der Waals surface area (Å²) in [7, 11) is 1.59. The van der Waals surface area contributed by atoms with E-state index in [0.29, 0.717) is 13.2 Å². The fraction of sp³-hybridized carbons (Fsp3) is 0.875. The second-order valence-electron chi connectivity index (χ2n) is 2.31. The highest BCUT2D eigenvalue weighted by atomic mass is 16.5. The summed E-state index contributed by atoms with van der Waals surface area (Å²) in [5.41, 5.74) is 0. The molecule has 0 aliphatic heterocycles. The smallest absolute Gasteiger partial charge is 0.311 e. The van der Waals surface area contributed by atoms with Crippen LogP contribution in [-0.2, 0) is 14.3 Å². The minimum atomic E-state index is -0.156. The fourth-order valence-electron chi connectivity index (χ4n) is 0.814. The number of methoxy groups -OCH3 is 1. The average molecular weight is 160 g/mol. The van der Waals surface area contributed by atoms with Gasteiger partial charge in [-0.15, -0.1) is 0 Å². The van der Waals surface area contributed by atoms with Crippen molar-refractivity contribution in [2.75, 3.05) is 20.3 Å². The third kappa shape index (κ3) is 3.98. The van der Waals surface area contributed by atoms with Gasteiger partial charge < -0.3 is 9.47 Å². The second kappa shape index (κ2) is 6.16. The van der Waals surface area contributed by atoms with E-state index >= 15 is 0 Å². The molecule has 0 saturated heterocycles. The Hall–Kier alpha value is -0.570. The minimum absolute atomic E-state index is 0.0973. The Bertz CT molecular complexity index is 112. The van der Waals surface area contributed by atoms with Crippen molar-refractivity contribution in [3.63, 3.8) is 0 Å². The molecule has 3 nitrogen and oxygen atoms in total. The largest absolute Gasteiger partial charge is 0.466 e. The Morgan fingerprint density at radius 3 is 2.45 bits per heavy atom. The molecule has 0 aromatic heterocycles. The molecule has 0 radical (unpaired) electrons. The molecule has 66 valence electrons. The summed E-state index contributed by atoms with van der Waals surface area (Å²) in [4.78, 5) is 11.1. The van der Waals surface area contributed by atoms with Crippen LogP contribution in [-0.4, -0.2) is 26.3 Å². The number of ether oxygens (including phenoxy) is 2. The topological polar surface area (TPSA) is 35.5 Å². The molecule has 1 atom stereocenters. The van der Waals surface area contributed by atoms with Crippen molar-refractivity contribution in [2.24, 2.45) is 5.92 Å². The number of rotatable bonds is 5. The number of esters is 1. The van der Waals surface area contributed by atoms with E-state index in [-0.39, 0.29) is 11.9 Å². The average Bonchev–Trinajstić information content (AvgIpc) is 2.00. The number of carbonyl (C=O) groups is 1. The van der Waals surface area contributed by atoms with Gasteiger partial charge in [0.05, 0.1) is 19.1 Å². The zero-order chi connectivity index (χ0) is 8.69. The normalized spacial score (nSPS) is 12.6. The monoisotopic (exact) mass is 160 g/mol. The highest BCUT2D eigenvalue weighted by molar-refractivity contribution is 5.72. The predicted molar refractivity (Wildman–Crippen MR) is 42.3 cm³/mol. The summed E-state index contributed by atoms with van der Waals surface area (Å²) in [5, 5.41) is 0. The summed E-state index contributed by atoms with van der Waals surface area (Å²) in [6, 6.07) is 0. The SMILES string of the molecule is CCOC(=O)C(CC)COC. The standard InChI is InChI=1S/C8H16O3/c1-4-7(6-10-3)8(9)11-5-2/h7H,4-6H2,1-3H3. The minimum Gasteiger partial charge on any atom is -0.466 e. The molecule has 0 N–H and O–H groups in total. The Morgan fingerprint density at radius 1 is 1.45 bits per heavy atom. The lowest BCUT2D eigenvalue weighted by molar-refractivity contribution is -0.149. The van der Waals surface area contributed by atoms with Crippen molar-refractivity contribution >= 4 is 5.97 Å². The summed E-state index contributed by atoms with van der Waals surface area (Å²) in [6.45, 7) is 4.65. The molecule has 0 aliphatic rings. The maximum Gasteiger partial charge on any atom is 0.311 e. The van der Waals surface area contributed by atoms with E-state index in [1.165, 1.54) is 0 Å². The number of hydrogen-bond acceptors (Lipinski definition) is 3. The number of carbonyl (C=O) groups excluding carboxylic acids is 1. The first-order valence-electron chi connectivity index (χ1n) is 3.91. The van der Waals surface area contributed by atoms with E-state index < -0.39 is 0 Å². The third-order valence-electron chi connectivity index (χ3n) is 1.48. The highest BCUT2D eigenvalue weighted by Gasteiger charge is 2.16. The zero-order valence-corrected chi connectivity index (χ0v) is 7.42. The fourth-order valence-corrected chi connectivity index (χ4v) is 0.814. The molecule has 0 rings (SSSR count). The van der Waals surface area contributed by atoms with Crippen LogP contribution >= 0.6 is 0 Å². The molecule has 0 fully saturated rings. The molecule has 11 heavy (non-hydrogen) atoms. The van der Waals surface area contributed by atoms with Crippen LogP contribution in [0.5, 0.6) is 0 Å². The van der Waals surface area contributed by atoms with Gasteiger partial charge in [-0.3, -0.25) is 4.79 Å². The molecule has 0 aliphatic carbocycles. The van der Waals surface area contributed by atoms with E-state index in [4.69, 9.17) is 9.47 Å². The molecular formula is C8H16O3. The van der Waals surface area contributed by atoms with Crippen molar-refractivity contribution in [1.82, 2.24) is 0 Å². The van der Waals surface area contributed by atoms with E-state index in [0.717, 1.165) is 6.42 Å². The van der Waals surface area contributed by atoms with Crippen LogP contribution in [0.15, 0.2) is 0 Å². The first-order valence-corrected chi connectivity index (χ1v) is 3.91. The maximum atomic E-state index is 11.1. The summed E-state index contributed by atoms with van der Waals surface area (Å²) in [6.07, 6.45) is 0.771. The van der Waals surface area contributed by atoms with Gasteiger partial charge in [0.2, 0.25) is 0 Å². The lowest BCUT2D eigenvalue weighted by Gasteiger charge is -2.11. The Morgan fingerprint density at radius 2 is 2.09 bits per heavy atom. The molecule has 3 heteroatoms. The Balaban J connectivity index is 3.71. The van der Waals surface area contributed by atoms with Crippen molar-refractivity contribution < 1.29 is 14.3 Å². The molecule has 0 heterocycles. The van der Waals surface area contributed by atoms with Gasteiger partial charge in [0.25, 0.3) is 0 Å². The third-order valence-corrected chi connectivity index (χ3v) is 1.48. The van der Waals surface area contributed by atoms with E-state index in [2.05, 4.69) is 0 Å². The van der Waals surface area contributed by atoms with Crippen LogP contribution in [0.4, 0.5) is 0 Å². The van der Waals surface area contributed by atoms with Crippen LogP contribution < -0.4 is 0 Å². The molecular weight excluding hydrogens is 144 g/mol. The molecule has 0 aromatic rings. The second-order valence-corrected chi connectivity index (χ2v) is 2.31. The lowest BCUT2D eigenvalue weighted by atomic mass is 10.1. The molecule has 0 aromatic carbocycles. The van der Waals surface area contributed by atoms with Gasteiger partial charge in [0.15, 0.2) is 0 Å². The van der Waals surface area contributed by atoms with Crippen LogP contribution in [0.1, 0.15) is 20.3 Å². The summed E-state index contributed by atoms with van der Waals surface area (Å²) < 4.78 is 9.69. The van der Waals surface area contributed by atoms with Gasteiger partial charge in [0, 0.05) is 7.11 Å². The van der Waals surface area contributed by atoms with Gasteiger partial charge in [0.1, 0.15) is 0 Å². The summed E-state index contributed by atoms with van der Waals surface area (Å²) >= 11 is 0. The van der Waals surface area contributed by atoms with E-state index in [1.807, 2.05) is 6.92 Å². The van der Waals surface area contributed by atoms with Gasteiger partial charge in [-0.1, -0.05) is 6.92 Å². The van der Waals surface area contributed by atoms with E-state index in [1.54, 1.807) is 14.0 Å². The number of hydrogen-bond donors (Lipinski definition) is 0. The Labute approximate surface area is 67.7 Å². The molecule has 0 amide bonds. The maximum absolute atomic E-state index is 11.1. The van der Waals surface area contributed by atoms with Crippen molar-refractivity contribution in [1.29, 1.82) is 0 Å². The van der Waals surface area contributed by atoms with Crippen LogP contribution in [0.25, 0.3) is 0 Å². The van der Waals surface area contributed by atoms with E-state index in [9.17, 15) is 4.79 Å². The molecule has 1 unspecified atom stereocenters. The Kier molecular flexibility index (Phi) is 5.84. The van der Waals surface area contributed by atoms with Crippen molar-refractivity contribution in [3.05, 3.63) is 0 Å². The predicted octanol–water partition coefficient (Wildman–Crippen LogP) is 1.22. The van der Waals surface area contributed by atoms with Gasteiger partial charge in [-0.2, -0.15) is 0 Å². The first kappa shape index (κ1) is 10.4. The van der Waals surface area contributed by atoms with Gasteiger partial charge >= 0.3 is 5.97 Å². The first-order chi connectivity index (χ1) is 5.26. The van der Waals surface area contributed by atoms with Crippen LogP contribution in [0.3, 0.4) is 0 Å². The van der Waals surface area contributed by atoms with Crippen LogP contribution in [0, 0.1) is 5.92 Å². The van der Waals surface area contributed by atoms with Gasteiger partial charge in [-0.25, -0.2) is 0 Å². The molecule has 0 saturated carbocycles. The van der Waals surface area contributed by atoms with Gasteiger partial charge in [-0.05, 0) is 13.3 Å². The van der Waals surface area contributed by atoms with Crippen LogP contribution in [0.2, 0.25) is 0 Å². The van der Waals surface area contributed by atoms with Crippen molar-refractivity contribution in [3.8, 4) is 0 Å². The zero-order valence-electron chi connectivity index (χ0n) is 7.42.